The number of carboxylic acid groups (broad SMARTS) is 1. The molecule has 0 heterocycles. The lowest BCUT2D eigenvalue weighted by Crippen LogP contribution is -2.45. The quantitative estimate of drug-likeness (QED) is 0.720. The molecule has 0 aromatic rings. The van der Waals surface area contributed by atoms with Crippen molar-refractivity contribution in [2.45, 2.75) is 51.1 Å². The van der Waals surface area contributed by atoms with Crippen LogP contribution in [0.5, 0.6) is 0 Å². The molecule has 4 unspecified atom stereocenters. The summed E-state index contributed by atoms with van der Waals surface area (Å²) in [5.74, 6) is 0.937. The molecule has 2 N–H and O–H groups in total. The summed E-state index contributed by atoms with van der Waals surface area (Å²) >= 11 is 0. The fourth-order valence-electron chi connectivity index (χ4n) is 3.07. The lowest BCUT2D eigenvalue weighted by atomic mass is 9.94. The third kappa shape index (κ3) is 1.78. The Morgan fingerprint density at radius 3 is 2.71 bits per heavy atom. The molecule has 0 saturated heterocycles. The molecular formula is C11H19NO2. The van der Waals surface area contributed by atoms with Gasteiger partial charge in [0.05, 0.1) is 0 Å². The van der Waals surface area contributed by atoms with E-state index >= 15 is 0 Å². The molecule has 2 saturated carbocycles. The zero-order chi connectivity index (χ0) is 10.1. The van der Waals surface area contributed by atoms with Crippen LogP contribution < -0.4 is 5.32 Å². The topological polar surface area (TPSA) is 49.3 Å². The first-order chi connectivity index (χ1) is 6.70. The van der Waals surface area contributed by atoms with Crippen molar-refractivity contribution in [1.29, 1.82) is 0 Å². The predicted octanol–water partition coefficient (Wildman–Crippen LogP) is 1.63. The first kappa shape index (κ1) is 9.97. The summed E-state index contributed by atoms with van der Waals surface area (Å²) in [5.41, 5.74) is 0. The van der Waals surface area contributed by atoms with E-state index in [1.54, 1.807) is 0 Å². The van der Waals surface area contributed by atoms with E-state index in [-0.39, 0.29) is 6.04 Å². The van der Waals surface area contributed by atoms with E-state index in [0.29, 0.717) is 12.5 Å². The van der Waals surface area contributed by atoms with Gasteiger partial charge in [-0.25, -0.2) is 0 Å². The van der Waals surface area contributed by atoms with Gasteiger partial charge in [0.15, 0.2) is 0 Å². The molecule has 0 amide bonds. The molecule has 0 aliphatic heterocycles. The molecule has 2 rings (SSSR count). The maximum atomic E-state index is 10.9. The number of aliphatic carboxylic acids is 1. The number of nitrogens with one attached hydrogen (secondary N) is 1. The summed E-state index contributed by atoms with van der Waals surface area (Å²) in [4.78, 5) is 10.9. The highest BCUT2D eigenvalue weighted by atomic mass is 16.4. The Morgan fingerprint density at radius 2 is 2.29 bits per heavy atom. The van der Waals surface area contributed by atoms with Gasteiger partial charge in [-0.2, -0.15) is 0 Å². The smallest absolute Gasteiger partial charge is 0.320 e. The second-order valence-corrected chi connectivity index (χ2v) is 4.75. The average Bonchev–Trinajstić information content (AvgIpc) is 2.74. The van der Waals surface area contributed by atoms with E-state index in [1.807, 2.05) is 6.92 Å². The Labute approximate surface area is 84.9 Å². The zero-order valence-corrected chi connectivity index (χ0v) is 8.70. The Morgan fingerprint density at radius 1 is 1.50 bits per heavy atom. The Bertz CT molecular complexity index is 229. The Hall–Kier alpha value is -0.570. The summed E-state index contributed by atoms with van der Waals surface area (Å²) in [6.45, 7) is 1.93. The molecule has 2 fully saturated rings. The fourth-order valence-corrected chi connectivity index (χ4v) is 3.07. The van der Waals surface area contributed by atoms with Gasteiger partial charge in [-0.1, -0.05) is 13.3 Å². The molecule has 2 bridgehead atoms. The predicted molar refractivity (Wildman–Crippen MR) is 54.1 cm³/mol. The molecule has 0 spiro atoms. The van der Waals surface area contributed by atoms with Gasteiger partial charge in [-0.15, -0.1) is 0 Å². The zero-order valence-electron chi connectivity index (χ0n) is 8.70. The molecule has 0 radical (unpaired) electrons. The summed E-state index contributed by atoms with van der Waals surface area (Å²) < 4.78 is 0. The molecule has 14 heavy (non-hydrogen) atoms. The molecule has 2 aliphatic rings. The minimum absolute atomic E-state index is 0.334. The van der Waals surface area contributed by atoms with Gasteiger partial charge >= 0.3 is 5.97 Å². The summed E-state index contributed by atoms with van der Waals surface area (Å²) in [6, 6.07) is 0.147. The van der Waals surface area contributed by atoms with Gasteiger partial charge in [0.2, 0.25) is 0 Å². The number of hydrogen-bond acceptors (Lipinski definition) is 2. The van der Waals surface area contributed by atoms with E-state index in [0.717, 1.165) is 11.8 Å². The third-order valence-corrected chi connectivity index (χ3v) is 3.86. The van der Waals surface area contributed by atoms with Gasteiger partial charge in [0.25, 0.3) is 0 Å². The van der Waals surface area contributed by atoms with Crippen LogP contribution >= 0.6 is 0 Å². The number of rotatable bonds is 4. The van der Waals surface area contributed by atoms with E-state index in [2.05, 4.69) is 5.32 Å². The summed E-state index contributed by atoms with van der Waals surface area (Å²) in [7, 11) is 0. The Kier molecular flexibility index (Phi) is 2.77. The number of carboxylic acids is 1. The largest absolute Gasteiger partial charge is 0.480 e. The second-order valence-electron chi connectivity index (χ2n) is 4.75. The molecule has 3 heteroatoms. The minimum Gasteiger partial charge on any atom is -0.480 e. The van der Waals surface area contributed by atoms with Crippen molar-refractivity contribution < 1.29 is 9.90 Å². The first-order valence-electron chi connectivity index (χ1n) is 5.69. The van der Waals surface area contributed by atoms with Crippen molar-refractivity contribution in [3.63, 3.8) is 0 Å². The van der Waals surface area contributed by atoms with Gasteiger partial charge < -0.3 is 10.4 Å². The molecule has 0 aromatic carbocycles. The van der Waals surface area contributed by atoms with Crippen LogP contribution in [-0.2, 0) is 4.79 Å². The van der Waals surface area contributed by atoms with Crippen LogP contribution in [0, 0.1) is 11.8 Å². The van der Waals surface area contributed by atoms with Crippen LogP contribution in [0.1, 0.15) is 39.0 Å². The standard InChI is InChI=1S/C11H19NO2/c1-2-9(11(13)14)12-10-6-7-3-4-8(10)5-7/h7-10,12H,2-6H2,1H3,(H,13,14). The molecule has 2 aliphatic carbocycles. The molecule has 4 atom stereocenters. The number of fused-ring (bicyclic) bond motifs is 2. The first-order valence-corrected chi connectivity index (χ1v) is 5.69. The van der Waals surface area contributed by atoms with Crippen LogP contribution in [-0.4, -0.2) is 23.2 Å². The minimum atomic E-state index is -0.699. The van der Waals surface area contributed by atoms with Gasteiger partial charge in [-0.3, -0.25) is 4.79 Å². The van der Waals surface area contributed by atoms with Crippen molar-refractivity contribution in [2.24, 2.45) is 11.8 Å². The van der Waals surface area contributed by atoms with Gasteiger partial charge in [-0.05, 0) is 37.5 Å². The van der Waals surface area contributed by atoms with Crippen molar-refractivity contribution in [1.82, 2.24) is 5.32 Å². The summed E-state index contributed by atoms with van der Waals surface area (Å²) in [5, 5.41) is 12.2. The second kappa shape index (κ2) is 3.89. The fraction of sp³-hybridized carbons (Fsp3) is 0.909. The van der Waals surface area contributed by atoms with Crippen LogP contribution in [0.4, 0.5) is 0 Å². The van der Waals surface area contributed by atoms with E-state index in [9.17, 15) is 4.79 Å². The van der Waals surface area contributed by atoms with E-state index in [1.165, 1.54) is 25.7 Å². The van der Waals surface area contributed by atoms with Crippen LogP contribution in [0.25, 0.3) is 0 Å². The Balaban J connectivity index is 1.88. The highest BCUT2D eigenvalue weighted by Crippen LogP contribution is 2.44. The van der Waals surface area contributed by atoms with E-state index in [4.69, 9.17) is 5.11 Å². The maximum absolute atomic E-state index is 10.9. The number of carbonyl (C=O) groups is 1. The van der Waals surface area contributed by atoms with E-state index < -0.39 is 5.97 Å². The lowest BCUT2D eigenvalue weighted by Gasteiger charge is -2.26. The average molecular weight is 197 g/mol. The van der Waals surface area contributed by atoms with Crippen molar-refractivity contribution in [3.05, 3.63) is 0 Å². The normalized spacial score (nSPS) is 37.4. The molecule has 0 aromatic heterocycles. The molecule has 80 valence electrons. The maximum Gasteiger partial charge on any atom is 0.320 e. The highest BCUT2D eigenvalue weighted by Gasteiger charge is 2.40. The van der Waals surface area contributed by atoms with Gasteiger partial charge in [0, 0.05) is 6.04 Å². The molecule has 3 nitrogen and oxygen atoms in total. The van der Waals surface area contributed by atoms with Crippen LogP contribution in [0.3, 0.4) is 0 Å². The van der Waals surface area contributed by atoms with Crippen molar-refractivity contribution in [3.8, 4) is 0 Å². The van der Waals surface area contributed by atoms with Crippen LogP contribution in [0.15, 0.2) is 0 Å². The summed E-state index contributed by atoms with van der Waals surface area (Å²) in [6.07, 6.45) is 5.89. The van der Waals surface area contributed by atoms with Crippen LogP contribution in [0.2, 0.25) is 0 Å². The lowest BCUT2D eigenvalue weighted by molar-refractivity contribution is -0.139. The van der Waals surface area contributed by atoms with Crippen molar-refractivity contribution in [2.75, 3.05) is 0 Å². The van der Waals surface area contributed by atoms with Gasteiger partial charge in [0.1, 0.15) is 6.04 Å². The van der Waals surface area contributed by atoms with Crippen molar-refractivity contribution >= 4 is 5.97 Å². The SMILES string of the molecule is CCC(NC1CC2CCC1C2)C(=O)O. The monoisotopic (exact) mass is 197 g/mol. The third-order valence-electron chi connectivity index (χ3n) is 3.86. The highest BCUT2D eigenvalue weighted by molar-refractivity contribution is 5.73. The number of hydrogen-bond donors (Lipinski definition) is 2. The molecular weight excluding hydrogens is 178 g/mol.